The summed E-state index contributed by atoms with van der Waals surface area (Å²) in [5.74, 6) is -4.17. The number of halogens is 3. The Labute approximate surface area is 126 Å². The van der Waals surface area contributed by atoms with Crippen molar-refractivity contribution in [3.05, 3.63) is 35.9 Å². The number of alkyl halides is 3. The molecule has 2 atom stereocenters. The predicted octanol–water partition coefficient (Wildman–Crippen LogP) is 3.28. The molecule has 0 bridgehead atoms. The van der Waals surface area contributed by atoms with Crippen molar-refractivity contribution in [2.45, 2.75) is 33.1 Å². The molecule has 22 heavy (non-hydrogen) atoms. The molecule has 7 heteroatoms. The van der Waals surface area contributed by atoms with Crippen LogP contribution < -0.4 is 0 Å². The maximum atomic E-state index is 13.1. The molecule has 0 aliphatic rings. The Morgan fingerprint density at radius 2 is 1.68 bits per heavy atom. The van der Waals surface area contributed by atoms with Crippen molar-refractivity contribution >= 4 is 11.9 Å². The highest BCUT2D eigenvalue weighted by atomic mass is 19.4. The van der Waals surface area contributed by atoms with E-state index in [2.05, 4.69) is 0 Å². The van der Waals surface area contributed by atoms with Crippen LogP contribution in [0.5, 0.6) is 0 Å². The van der Waals surface area contributed by atoms with Crippen LogP contribution in [0.4, 0.5) is 13.2 Å². The van der Waals surface area contributed by atoms with Gasteiger partial charge in [0, 0.05) is 5.92 Å². The highest BCUT2D eigenvalue weighted by molar-refractivity contribution is 5.80. The minimum Gasteiger partial charge on any atom is -0.481 e. The van der Waals surface area contributed by atoms with Crippen molar-refractivity contribution in [2.75, 3.05) is 0 Å². The van der Waals surface area contributed by atoms with Crippen LogP contribution in [0.2, 0.25) is 0 Å². The molecule has 0 aromatic heterocycles. The molecule has 0 heterocycles. The van der Waals surface area contributed by atoms with Gasteiger partial charge in [-0.25, -0.2) is 4.90 Å². The molecule has 0 spiro atoms. The Bertz CT molecular complexity index is 517. The Morgan fingerprint density at radius 3 is 2.14 bits per heavy atom. The van der Waals surface area contributed by atoms with E-state index in [0.717, 1.165) is 0 Å². The van der Waals surface area contributed by atoms with Crippen molar-refractivity contribution in [2.24, 2.45) is 11.8 Å². The van der Waals surface area contributed by atoms with Crippen molar-refractivity contribution in [1.29, 1.82) is 0 Å². The van der Waals surface area contributed by atoms with Gasteiger partial charge >= 0.3 is 12.3 Å². The second-order valence-corrected chi connectivity index (χ2v) is 5.25. The zero-order valence-corrected chi connectivity index (χ0v) is 12.3. The Balaban J connectivity index is 2.88. The Kier molecular flexibility index (Phi) is 5.96. The molecule has 0 aliphatic heterocycles. The van der Waals surface area contributed by atoms with Crippen LogP contribution in [0.15, 0.2) is 30.3 Å². The molecule has 1 rings (SSSR count). The van der Waals surface area contributed by atoms with E-state index >= 15 is 0 Å². The van der Waals surface area contributed by atoms with E-state index in [1.54, 1.807) is 18.2 Å². The SMILES string of the molecule is CC(CC(C)C(=O)N(Cc1ccccc1)C(F)(F)F)C(=O)O. The molecule has 1 N–H and O–H groups in total. The number of hydrogen-bond donors (Lipinski definition) is 1. The highest BCUT2D eigenvalue weighted by Crippen LogP contribution is 2.27. The lowest BCUT2D eigenvalue weighted by Crippen LogP contribution is -2.45. The first-order valence-corrected chi connectivity index (χ1v) is 6.78. The minimum atomic E-state index is -4.81. The standard InChI is InChI=1S/C15H18F3NO3/c1-10(8-11(2)14(21)22)13(20)19(15(16,17)18)9-12-6-4-3-5-7-12/h3-7,10-11H,8-9H2,1-2H3,(H,21,22). The first kappa shape index (κ1) is 18.0. The van der Waals surface area contributed by atoms with Crippen LogP contribution in [0, 0.1) is 11.8 Å². The quantitative estimate of drug-likeness (QED) is 0.819. The summed E-state index contributed by atoms with van der Waals surface area (Å²) in [5, 5.41) is 8.80. The van der Waals surface area contributed by atoms with Gasteiger partial charge in [-0.2, -0.15) is 0 Å². The summed E-state index contributed by atoms with van der Waals surface area (Å²) >= 11 is 0. The molecular formula is C15H18F3NO3. The molecule has 0 fully saturated rings. The van der Waals surface area contributed by atoms with E-state index in [0.29, 0.717) is 5.56 Å². The monoisotopic (exact) mass is 317 g/mol. The van der Waals surface area contributed by atoms with Gasteiger partial charge in [-0.1, -0.05) is 44.2 Å². The van der Waals surface area contributed by atoms with Gasteiger partial charge in [0.1, 0.15) is 0 Å². The number of carboxylic acid groups (broad SMARTS) is 1. The third-order valence-electron chi connectivity index (χ3n) is 3.31. The molecule has 122 valence electrons. The first-order chi connectivity index (χ1) is 10.1. The average molecular weight is 317 g/mol. The number of carboxylic acids is 1. The third kappa shape index (κ3) is 5.05. The van der Waals surface area contributed by atoms with Crippen LogP contribution in [-0.4, -0.2) is 28.2 Å². The van der Waals surface area contributed by atoms with Crippen LogP contribution in [0.3, 0.4) is 0 Å². The zero-order chi connectivity index (χ0) is 16.9. The Morgan fingerprint density at radius 1 is 1.14 bits per heavy atom. The van der Waals surface area contributed by atoms with Crippen molar-refractivity contribution in [1.82, 2.24) is 4.90 Å². The first-order valence-electron chi connectivity index (χ1n) is 6.78. The fourth-order valence-electron chi connectivity index (χ4n) is 2.06. The van der Waals surface area contributed by atoms with Gasteiger partial charge in [0.2, 0.25) is 5.91 Å². The summed E-state index contributed by atoms with van der Waals surface area (Å²) in [5.41, 5.74) is 0.353. The molecule has 4 nitrogen and oxygen atoms in total. The molecule has 0 radical (unpaired) electrons. The Hall–Kier alpha value is -2.05. The molecule has 1 aromatic rings. The number of benzene rings is 1. The summed E-state index contributed by atoms with van der Waals surface area (Å²) in [6, 6.07) is 7.84. The largest absolute Gasteiger partial charge is 0.487 e. The lowest BCUT2D eigenvalue weighted by Gasteiger charge is -2.28. The predicted molar refractivity (Wildman–Crippen MR) is 73.6 cm³/mol. The molecule has 2 unspecified atom stereocenters. The van der Waals surface area contributed by atoms with Gasteiger partial charge < -0.3 is 5.11 Å². The minimum absolute atomic E-state index is 0.143. The smallest absolute Gasteiger partial charge is 0.481 e. The maximum Gasteiger partial charge on any atom is 0.487 e. The fraction of sp³-hybridized carbons (Fsp3) is 0.467. The number of amides is 1. The maximum absolute atomic E-state index is 13.1. The zero-order valence-electron chi connectivity index (χ0n) is 12.3. The van der Waals surface area contributed by atoms with Crippen LogP contribution in [0.1, 0.15) is 25.8 Å². The van der Waals surface area contributed by atoms with Gasteiger partial charge in [0.15, 0.2) is 0 Å². The van der Waals surface area contributed by atoms with Gasteiger partial charge in [0.05, 0.1) is 12.5 Å². The summed E-state index contributed by atoms with van der Waals surface area (Å²) in [4.78, 5) is 22.7. The molecule has 0 aliphatic carbocycles. The van der Waals surface area contributed by atoms with Crippen LogP contribution >= 0.6 is 0 Å². The van der Waals surface area contributed by atoms with E-state index in [1.165, 1.54) is 26.0 Å². The van der Waals surface area contributed by atoms with Gasteiger partial charge in [-0.05, 0) is 12.0 Å². The molecular weight excluding hydrogens is 299 g/mol. The number of nitrogens with zero attached hydrogens (tertiary/aromatic N) is 1. The summed E-state index contributed by atoms with van der Waals surface area (Å²) in [6.45, 7) is 2.09. The number of carbonyl (C=O) groups is 2. The topological polar surface area (TPSA) is 57.6 Å². The van der Waals surface area contributed by atoms with Crippen molar-refractivity contribution in [3.63, 3.8) is 0 Å². The molecule has 0 saturated carbocycles. The van der Waals surface area contributed by atoms with Crippen molar-refractivity contribution < 1.29 is 27.9 Å². The van der Waals surface area contributed by atoms with E-state index in [-0.39, 0.29) is 11.3 Å². The van der Waals surface area contributed by atoms with E-state index in [9.17, 15) is 22.8 Å². The molecule has 1 aromatic carbocycles. The van der Waals surface area contributed by atoms with Gasteiger partial charge in [-0.3, -0.25) is 9.59 Å². The summed E-state index contributed by atoms with van der Waals surface area (Å²) in [6.07, 6.45) is -4.96. The van der Waals surface area contributed by atoms with E-state index in [1.807, 2.05) is 0 Å². The summed E-state index contributed by atoms with van der Waals surface area (Å²) in [7, 11) is 0. The van der Waals surface area contributed by atoms with Crippen LogP contribution in [0.25, 0.3) is 0 Å². The van der Waals surface area contributed by atoms with Crippen molar-refractivity contribution in [3.8, 4) is 0 Å². The lowest BCUT2D eigenvalue weighted by atomic mass is 9.96. The second kappa shape index (κ2) is 7.29. The van der Waals surface area contributed by atoms with Gasteiger partial charge in [-0.15, -0.1) is 13.2 Å². The number of aliphatic carboxylic acids is 1. The van der Waals surface area contributed by atoms with E-state index in [4.69, 9.17) is 5.11 Å². The van der Waals surface area contributed by atoms with E-state index < -0.39 is 36.6 Å². The highest BCUT2D eigenvalue weighted by Gasteiger charge is 2.42. The number of carbonyl (C=O) groups excluding carboxylic acids is 1. The number of rotatable bonds is 6. The molecule has 0 saturated heterocycles. The summed E-state index contributed by atoms with van der Waals surface area (Å²) < 4.78 is 39.3. The third-order valence-corrected chi connectivity index (χ3v) is 3.31. The number of hydrogen-bond acceptors (Lipinski definition) is 2. The van der Waals surface area contributed by atoms with Gasteiger partial charge in [0.25, 0.3) is 0 Å². The normalized spacial score (nSPS) is 14.2. The average Bonchev–Trinajstić information content (AvgIpc) is 2.43. The lowest BCUT2D eigenvalue weighted by molar-refractivity contribution is -0.245. The van der Waals surface area contributed by atoms with Crippen LogP contribution in [-0.2, 0) is 16.1 Å². The second-order valence-electron chi connectivity index (χ2n) is 5.25. The fourth-order valence-corrected chi connectivity index (χ4v) is 2.06. The molecule has 1 amide bonds.